The number of morpholine rings is 1. The normalized spacial score (nSPS) is 15.3. The highest BCUT2D eigenvalue weighted by molar-refractivity contribution is 5.79. The van der Waals surface area contributed by atoms with Crippen LogP contribution in [0.5, 0.6) is 0 Å². The van der Waals surface area contributed by atoms with E-state index in [1.54, 1.807) is 0 Å². The molecule has 1 aliphatic rings. The number of benzene rings is 1. The summed E-state index contributed by atoms with van der Waals surface area (Å²) in [4.78, 5) is 7.21. The van der Waals surface area contributed by atoms with E-state index in [9.17, 15) is 0 Å². The van der Waals surface area contributed by atoms with E-state index < -0.39 is 0 Å². The average Bonchev–Trinajstić information content (AvgIpc) is 3.07. The van der Waals surface area contributed by atoms with Crippen molar-refractivity contribution in [2.45, 2.75) is 26.6 Å². The van der Waals surface area contributed by atoms with Gasteiger partial charge in [-0.25, -0.2) is 4.99 Å². The lowest BCUT2D eigenvalue weighted by atomic mass is 10.1. The number of rotatable bonds is 8. The van der Waals surface area contributed by atoms with Gasteiger partial charge in [0.05, 0.1) is 26.3 Å². The summed E-state index contributed by atoms with van der Waals surface area (Å²) in [5.74, 6) is 2.48. The van der Waals surface area contributed by atoms with E-state index in [-0.39, 0.29) is 0 Å². The Morgan fingerprint density at radius 1 is 1.21 bits per heavy atom. The predicted molar refractivity (Wildman–Crippen MR) is 114 cm³/mol. The quantitative estimate of drug-likeness (QED) is 0.398. The fraction of sp³-hybridized carbons (Fsp3) is 0.476. The first-order valence-electron chi connectivity index (χ1n) is 10.0. The molecule has 2 N–H and O–H groups in total. The van der Waals surface area contributed by atoms with Crippen LogP contribution in [0.2, 0.25) is 0 Å². The van der Waals surface area contributed by atoms with Crippen LogP contribution in [0.15, 0.2) is 41.9 Å². The molecule has 2 heterocycles. The Morgan fingerprint density at radius 3 is 2.66 bits per heavy atom. The first kappa shape index (κ1) is 21.0. The molecule has 156 valence electrons. The van der Waals surface area contributed by atoms with Crippen LogP contribution in [0.1, 0.15) is 22.8 Å². The standard InChI is InChI=1S/C21H31N7O/c1-4-9-22-21(24-15-20-26-25-17(2)27(20)3)23-14-18-7-5-6-8-19(18)16-28-10-12-29-13-11-28/h4-8H,1,9-16H2,2-3H3,(H2,22,23,24). The molecule has 3 rings (SSSR count). The summed E-state index contributed by atoms with van der Waals surface area (Å²) in [5.41, 5.74) is 2.54. The van der Waals surface area contributed by atoms with Crippen molar-refractivity contribution in [3.8, 4) is 0 Å². The summed E-state index contributed by atoms with van der Waals surface area (Å²) < 4.78 is 7.43. The number of hydrogen-bond acceptors (Lipinski definition) is 5. The molecule has 0 bridgehead atoms. The molecule has 1 aliphatic heterocycles. The zero-order valence-electron chi connectivity index (χ0n) is 17.4. The van der Waals surface area contributed by atoms with E-state index in [1.165, 1.54) is 11.1 Å². The highest BCUT2D eigenvalue weighted by Gasteiger charge is 2.13. The number of aliphatic imine (C=N–C) groups is 1. The summed E-state index contributed by atoms with van der Waals surface area (Å²) >= 11 is 0. The Hall–Kier alpha value is -2.71. The average molecular weight is 398 g/mol. The number of hydrogen-bond donors (Lipinski definition) is 2. The van der Waals surface area contributed by atoms with E-state index in [0.717, 1.165) is 50.5 Å². The molecule has 8 nitrogen and oxygen atoms in total. The van der Waals surface area contributed by atoms with E-state index in [0.29, 0.717) is 19.6 Å². The van der Waals surface area contributed by atoms with Crippen molar-refractivity contribution in [3.05, 3.63) is 59.7 Å². The van der Waals surface area contributed by atoms with Gasteiger partial charge in [0.2, 0.25) is 0 Å². The van der Waals surface area contributed by atoms with Crippen LogP contribution < -0.4 is 10.6 Å². The van der Waals surface area contributed by atoms with Gasteiger partial charge in [-0.15, -0.1) is 16.8 Å². The lowest BCUT2D eigenvalue weighted by Gasteiger charge is -2.27. The molecule has 1 saturated heterocycles. The van der Waals surface area contributed by atoms with Crippen molar-refractivity contribution in [2.75, 3.05) is 32.8 Å². The molecule has 0 spiro atoms. The van der Waals surface area contributed by atoms with Gasteiger partial charge in [0.25, 0.3) is 0 Å². The maximum atomic E-state index is 5.46. The third kappa shape index (κ3) is 6.13. The topological polar surface area (TPSA) is 79.6 Å². The molecule has 0 amide bonds. The smallest absolute Gasteiger partial charge is 0.192 e. The molecule has 0 unspecified atom stereocenters. The largest absolute Gasteiger partial charge is 0.379 e. The highest BCUT2D eigenvalue weighted by Crippen LogP contribution is 2.14. The van der Waals surface area contributed by atoms with E-state index >= 15 is 0 Å². The molecule has 0 atom stereocenters. The first-order valence-corrected chi connectivity index (χ1v) is 10.0. The predicted octanol–water partition coefficient (Wildman–Crippen LogP) is 1.38. The number of ether oxygens (including phenoxy) is 1. The number of aromatic nitrogens is 3. The second-order valence-electron chi connectivity index (χ2n) is 7.07. The SMILES string of the molecule is C=CCNC(=NCc1ccccc1CN1CCOCC1)NCc1nnc(C)n1C. The van der Waals surface area contributed by atoms with Crippen LogP contribution in [-0.2, 0) is 31.4 Å². The summed E-state index contributed by atoms with van der Waals surface area (Å²) in [6, 6.07) is 8.50. The third-order valence-electron chi connectivity index (χ3n) is 5.03. The number of nitrogens with zero attached hydrogens (tertiary/aromatic N) is 5. The van der Waals surface area contributed by atoms with E-state index in [1.807, 2.05) is 24.6 Å². The van der Waals surface area contributed by atoms with Crippen LogP contribution in [0, 0.1) is 6.92 Å². The van der Waals surface area contributed by atoms with E-state index in [4.69, 9.17) is 9.73 Å². The molecular weight excluding hydrogens is 366 g/mol. The second-order valence-corrected chi connectivity index (χ2v) is 7.07. The van der Waals surface area contributed by atoms with Crippen LogP contribution in [0.25, 0.3) is 0 Å². The highest BCUT2D eigenvalue weighted by atomic mass is 16.5. The minimum atomic E-state index is 0.551. The molecule has 8 heteroatoms. The van der Waals surface area contributed by atoms with Crippen molar-refractivity contribution in [1.82, 2.24) is 30.3 Å². The third-order valence-corrected chi connectivity index (χ3v) is 5.03. The maximum Gasteiger partial charge on any atom is 0.192 e. The molecule has 0 aliphatic carbocycles. The lowest BCUT2D eigenvalue weighted by molar-refractivity contribution is 0.0341. The van der Waals surface area contributed by atoms with Gasteiger partial charge in [0, 0.05) is 33.2 Å². The van der Waals surface area contributed by atoms with Gasteiger partial charge in [0.1, 0.15) is 5.82 Å². The molecule has 0 saturated carbocycles. The van der Waals surface area contributed by atoms with Crippen LogP contribution >= 0.6 is 0 Å². The number of nitrogens with one attached hydrogen (secondary N) is 2. The Morgan fingerprint density at radius 2 is 1.97 bits per heavy atom. The van der Waals surface area contributed by atoms with Gasteiger partial charge < -0.3 is 19.9 Å². The van der Waals surface area contributed by atoms with Crippen molar-refractivity contribution in [1.29, 1.82) is 0 Å². The molecule has 1 aromatic carbocycles. The monoisotopic (exact) mass is 397 g/mol. The summed E-state index contributed by atoms with van der Waals surface area (Å²) in [5, 5.41) is 14.9. The number of guanidine groups is 1. The lowest BCUT2D eigenvalue weighted by Crippen LogP contribution is -2.37. The fourth-order valence-corrected chi connectivity index (χ4v) is 3.14. The van der Waals surface area contributed by atoms with Gasteiger partial charge in [0.15, 0.2) is 11.8 Å². The van der Waals surface area contributed by atoms with Gasteiger partial charge >= 0.3 is 0 Å². The summed E-state index contributed by atoms with van der Waals surface area (Å²) in [6.45, 7) is 12.0. The van der Waals surface area contributed by atoms with E-state index in [2.05, 4.69) is 56.6 Å². The van der Waals surface area contributed by atoms with Crippen molar-refractivity contribution >= 4 is 5.96 Å². The Kier molecular flexibility index (Phi) is 7.77. The summed E-state index contributed by atoms with van der Waals surface area (Å²) in [6.07, 6.45) is 1.82. The maximum absolute atomic E-state index is 5.46. The minimum absolute atomic E-state index is 0.551. The molecule has 29 heavy (non-hydrogen) atoms. The zero-order valence-corrected chi connectivity index (χ0v) is 17.4. The Bertz CT molecular complexity index is 824. The summed E-state index contributed by atoms with van der Waals surface area (Å²) in [7, 11) is 1.96. The van der Waals surface area contributed by atoms with Crippen molar-refractivity contribution in [3.63, 3.8) is 0 Å². The molecular formula is C21H31N7O. The van der Waals surface area contributed by atoms with Crippen LogP contribution in [0.4, 0.5) is 0 Å². The van der Waals surface area contributed by atoms with Gasteiger partial charge in [-0.2, -0.15) is 0 Å². The van der Waals surface area contributed by atoms with Crippen molar-refractivity contribution in [2.24, 2.45) is 12.0 Å². The second kappa shape index (κ2) is 10.7. The van der Waals surface area contributed by atoms with Crippen LogP contribution in [0.3, 0.4) is 0 Å². The van der Waals surface area contributed by atoms with Gasteiger partial charge in [-0.1, -0.05) is 30.3 Å². The minimum Gasteiger partial charge on any atom is -0.379 e. The molecule has 0 radical (unpaired) electrons. The molecule has 1 fully saturated rings. The number of aryl methyl sites for hydroxylation is 1. The molecule has 1 aromatic heterocycles. The first-order chi connectivity index (χ1) is 14.2. The van der Waals surface area contributed by atoms with Gasteiger partial charge in [-0.05, 0) is 18.1 Å². The zero-order chi connectivity index (χ0) is 20.5. The molecule has 2 aromatic rings. The Labute approximate surface area is 172 Å². The fourth-order valence-electron chi connectivity index (χ4n) is 3.14. The van der Waals surface area contributed by atoms with Crippen molar-refractivity contribution < 1.29 is 4.74 Å². The van der Waals surface area contributed by atoms with Gasteiger partial charge in [-0.3, -0.25) is 4.90 Å². The Balaban J connectivity index is 1.66. The van der Waals surface area contributed by atoms with Crippen LogP contribution in [-0.4, -0.2) is 58.5 Å².